The third kappa shape index (κ3) is 2.43. The Bertz CT molecular complexity index is 970. The van der Waals surface area contributed by atoms with Crippen LogP contribution in [0.5, 0.6) is 0 Å². The molecule has 0 atom stereocenters. The van der Waals surface area contributed by atoms with Gasteiger partial charge in [-0.3, -0.25) is 19.6 Å². The van der Waals surface area contributed by atoms with Crippen LogP contribution < -0.4 is 4.57 Å². The largest absolute Gasteiger partial charge is 0.392 e. The minimum Gasteiger partial charge on any atom is -0.392 e. The van der Waals surface area contributed by atoms with Crippen molar-refractivity contribution in [2.75, 3.05) is 6.61 Å². The van der Waals surface area contributed by atoms with Gasteiger partial charge in [0.2, 0.25) is 23.0 Å². The minimum atomic E-state index is -0.153. The second kappa shape index (κ2) is 6.42. The summed E-state index contributed by atoms with van der Waals surface area (Å²) in [5, 5.41) is 9.45. The first kappa shape index (κ1) is 16.5. The summed E-state index contributed by atoms with van der Waals surface area (Å²) >= 11 is 0. The molecule has 0 radical (unpaired) electrons. The Kier molecular flexibility index (Phi) is 4.08. The number of hydrogen-bond acceptors (Lipinski definition) is 5. The zero-order chi connectivity index (χ0) is 18.3. The lowest BCUT2D eigenvalue weighted by Crippen LogP contribution is -2.44. The Morgan fingerprint density at radius 2 is 1.88 bits per heavy atom. The van der Waals surface area contributed by atoms with Crippen LogP contribution in [0.25, 0.3) is 0 Å². The number of fused-ring (bicyclic) bond motifs is 2. The SMILES string of the molecule is Cc1n(CCO)c2c([n+]1Cc1cnccn1)C(=O)C1=CCCC=C1C2=O. The molecule has 2 aromatic rings. The molecule has 0 spiro atoms. The topological polar surface area (TPSA) is 89.0 Å². The number of aromatic nitrogens is 4. The summed E-state index contributed by atoms with van der Waals surface area (Å²) in [5.74, 6) is 0.436. The van der Waals surface area contributed by atoms with E-state index >= 15 is 0 Å². The van der Waals surface area contributed by atoms with Crippen LogP contribution in [-0.4, -0.2) is 37.8 Å². The van der Waals surface area contributed by atoms with Crippen LogP contribution in [0.1, 0.15) is 45.3 Å². The number of ketones is 2. The summed E-state index contributed by atoms with van der Waals surface area (Å²) in [6.07, 6.45) is 10.0. The van der Waals surface area contributed by atoms with E-state index in [1.807, 2.05) is 23.6 Å². The number of hydrogen-bond donors (Lipinski definition) is 1. The van der Waals surface area contributed by atoms with Crippen LogP contribution in [0.2, 0.25) is 0 Å². The summed E-state index contributed by atoms with van der Waals surface area (Å²) in [6.45, 7) is 2.33. The van der Waals surface area contributed by atoms with Crippen LogP contribution in [0.3, 0.4) is 0 Å². The lowest BCUT2D eigenvalue weighted by molar-refractivity contribution is -0.696. The van der Waals surface area contributed by atoms with E-state index in [-0.39, 0.29) is 24.7 Å². The summed E-state index contributed by atoms with van der Waals surface area (Å²) in [5.41, 5.74) is 2.40. The van der Waals surface area contributed by atoms with Gasteiger partial charge in [0.05, 0.1) is 12.8 Å². The Morgan fingerprint density at radius 3 is 2.54 bits per heavy atom. The number of nitrogens with zero attached hydrogens (tertiary/aromatic N) is 4. The Hall–Kier alpha value is -2.93. The number of carbonyl (C=O) groups excluding carboxylic acids is 2. The van der Waals surface area contributed by atoms with Gasteiger partial charge in [-0.1, -0.05) is 12.2 Å². The molecular formula is C19H19N4O3+. The van der Waals surface area contributed by atoms with E-state index in [0.29, 0.717) is 34.8 Å². The predicted molar refractivity (Wildman–Crippen MR) is 91.6 cm³/mol. The number of rotatable bonds is 4. The van der Waals surface area contributed by atoms with Crippen LogP contribution in [0.4, 0.5) is 0 Å². The monoisotopic (exact) mass is 351 g/mol. The second-order valence-corrected chi connectivity index (χ2v) is 6.37. The number of allylic oxidation sites excluding steroid dienone is 4. The second-order valence-electron chi connectivity index (χ2n) is 6.37. The number of aliphatic hydroxyl groups is 1. The molecule has 0 unspecified atom stereocenters. The van der Waals surface area contributed by atoms with Crippen molar-refractivity contribution in [3.63, 3.8) is 0 Å². The van der Waals surface area contributed by atoms with E-state index in [1.165, 1.54) is 0 Å². The van der Waals surface area contributed by atoms with Gasteiger partial charge in [0.1, 0.15) is 18.8 Å². The molecule has 0 bridgehead atoms. The molecule has 0 fully saturated rings. The van der Waals surface area contributed by atoms with Crippen molar-refractivity contribution >= 4 is 11.6 Å². The summed E-state index contributed by atoms with van der Waals surface area (Å²) in [7, 11) is 0. The lowest BCUT2D eigenvalue weighted by Gasteiger charge is -2.18. The third-order valence-electron chi connectivity index (χ3n) is 4.88. The quantitative estimate of drug-likeness (QED) is 0.828. The van der Waals surface area contributed by atoms with Crippen molar-refractivity contribution in [2.24, 2.45) is 0 Å². The molecule has 2 aliphatic carbocycles. The molecule has 7 heteroatoms. The fraction of sp³-hybridized carbons (Fsp3) is 0.316. The van der Waals surface area contributed by atoms with Crippen molar-refractivity contribution < 1.29 is 19.3 Å². The standard InChI is InChI=1S/C19H19N4O3/c1-12-22(8-9-24)16-17(23(12)11-13-10-20-6-7-21-13)19(26)15-5-3-2-4-14(15)18(16)25/h4-7,10,24H,2-3,8-9,11H2,1H3/q+1. The summed E-state index contributed by atoms with van der Waals surface area (Å²) in [6, 6.07) is 0. The molecular weight excluding hydrogens is 332 g/mol. The van der Waals surface area contributed by atoms with Crippen LogP contribution in [-0.2, 0) is 13.1 Å². The molecule has 0 aliphatic heterocycles. The van der Waals surface area contributed by atoms with Gasteiger partial charge in [0, 0.05) is 30.5 Å². The van der Waals surface area contributed by atoms with Crippen molar-refractivity contribution in [3.8, 4) is 0 Å². The Morgan fingerprint density at radius 1 is 1.15 bits per heavy atom. The van der Waals surface area contributed by atoms with Gasteiger partial charge in [-0.2, -0.15) is 0 Å². The van der Waals surface area contributed by atoms with Crippen molar-refractivity contribution in [2.45, 2.75) is 32.9 Å². The minimum absolute atomic E-state index is 0.115. The predicted octanol–water partition coefficient (Wildman–Crippen LogP) is 0.940. The number of imidazole rings is 1. The van der Waals surface area contributed by atoms with E-state index < -0.39 is 0 Å². The summed E-state index contributed by atoms with van der Waals surface area (Å²) in [4.78, 5) is 34.6. The first-order valence-electron chi connectivity index (χ1n) is 8.62. The molecule has 132 valence electrons. The smallest absolute Gasteiger partial charge is 0.254 e. The van der Waals surface area contributed by atoms with Gasteiger partial charge in [-0.25, -0.2) is 9.13 Å². The highest BCUT2D eigenvalue weighted by molar-refractivity contribution is 6.29. The fourth-order valence-electron chi connectivity index (χ4n) is 3.69. The van der Waals surface area contributed by atoms with Crippen LogP contribution in [0.15, 0.2) is 41.9 Å². The zero-order valence-electron chi connectivity index (χ0n) is 14.5. The highest BCUT2D eigenvalue weighted by atomic mass is 16.3. The average molecular weight is 351 g/mol. The molecule has 2 aromatic heterocycles. The number of aliphatic hydroxyl groups excluding tert-OH is 1. The molecule has 26 heavy (non-hydrogen) atoms. The van der Waals surface area contributed by atoms with E-state index in [1.54, 1.807) is 23.2 Å². The van der Waals surface area contributed by atoms with Gasteiger partial charge in [-0.05, 0) is 12.8 Å². The molecule has 2 aliphatic rings. The van der Waals surface area contributed by atoms with E-state index in [2.05, 4.69) is 9.97 Å². The molecule has 0 aromatic carbocycles. The molecule has 7 nitrogen and oxygen atoms in total. The first-order chi connectivity index (χ1) is 12.6. The molecule has 0 amide bonds. The molecule has 4 rings (SSSR count). The maximum Gasteiger partial charge on any atom is 0.254 e. The van der Waals surface area contributed by atoms with Crippen LogP contribution in [0, 0.1) is 6.92 Å². The van der Waals surface area contributed by atoms with E-state index in [4.69, 9.17) is 0 Å². The first-order valence-corrected chi connectivity index (χ1v) is 8.62. The third-order valence-corrected chi connectivity index (χ3v) is 4.88. The fourth-order valence-corrected chi connectivity index (χ4v) is 3.69. The van der Waals surface area contributed by atoms with Crippen LogP contribution >= 0.6 is 0 Å². The lowest BCUT2D eigenvalue weighted by atomic mass is 9.83. The number of carbonyl (C=O) groups is 2. The maximum atomic E-state index is 13.2. The van der Waals surface area contributed by atoms with Gasteiger partial charge < -0.3 is 5.11 Å². The maximum absolute atomic E-state index is 13.2. The Labute approximate surface area is 150 Å². The normalized spacial score (nSPS) is 16.1. The average Bonchev–Trinajstić information content (AvgIpc) is 2.94. The Balaban J connectivity index is 1.94. The van der Waals surface area contributed by atoms with Gasteiger partial charge in [0.25, 0.3) is 5.82 Å². The molecule has 0 saturated heterocycles. The van der Waals surface area contributed by atoms with Gasteiger partial charge >= 0.3 is 0 Å². The molecule has 1 N–H and O–H groups in total. The van der Waals surface area contributed by atoms with E-state index in [9.17, 15) is 14.7 Å². The van der Waals surface area contributed by atoms with Gasteiger partial charge in [0.15, 0.2) is 0 Å². The zero-order valence-corrected chi connectivity index (χ0v) is 14.5. The molecule has 2 heterocycles. The highest BCUT2D eigenvalue weighted by Crippen LogP contribution is 2.32. The van der Waals surface area contributed by atoms with Crippen molar-refractivity contribution in [1.29, 1.82) is 0 Å². The molecule has 0 saturated carbocycles. The van der Waals surface area contributed by atoms with Gasteiger partial charge in [-0.15, -0.1) is 0 Å². The van der Waals surface area contributed by atoms with Crippen molar-refractivity contribution in [1.82, 2.24) is 14.5 Å². The summed E-state index contributed by atoms with van der Waals surface area (Å²) < 4.78 is 3.54. The highest BCUT2D eigenvalue weighted by Gasteiger charge is 2.45. The van der Waals surface area contributed by atoms with Crippen molar-refractivity contribution in [3.05, 3.63) is 64.8 Å². The van der Waals surface area contributed by atoms with E-state index in [0.717, 1.165) is 18.7 Å². The number of Topliss-reactive ketones (excluding diaryl/α,β-unsaturated/α-hetero) is 2.